The molecule has 0 saturated heterocycles. The third kappa shape index (κ3) is 2.92. The molecule has 8 rings (SSSR count). The maximum atomic E-state index is 2.42. The van der Waals surface area contributed by atoms with Gasteiger partial charge in [0.25, 0.3) is 0 Å². The largest absolute Gasteiger partial charge is 0.144 e. The highest BCUT2D eigenvalue weighted by Crippen LogP contribution is 2.45. The van der Waals surface area contributed by atoms with E-state index in [1.54, 1.807) is 0 Å². The number of rotatable bonds is 2. The molecule has 0 bridgehead atoms. The first kappa shape index (κ1) is 20.2. The van der Waals surface area contributed by atoms with Crippen LogP contribution in [0.25, 0.3) is 74.1 Å². The van der Waals surface area contributed by atoms with Crippen LogP contribution in [-0.4, -0.2) is 0 Å². The fourth-order valence-electron chi connectivity index (χ4n) is 5.74. The van der Waals surface area contributed by atoms with Crippen LogP contribution in [0.3, 0.4) is 0 Å². The molecule has 0 radical (unpaired) electrons. The zero-order chi connectivity index (χ0) is 23.6. The Morgan fingerprint density at radius 1 is 0.389 bits per heavy atom. The molecule has 2 aromatic heterocycles. The van der Waals surface area contributed by atoms with Crippen LogP contribution >= 0.6 is 22.7 Å². The van der Waals surface area contributed by atoms with Crippen molar-refractivity contribution in [3.8, 4) is 22.3 Å². The summed E-state index contributed by atoms with van der Waals surface area (Å²) in [4.78, 5) is 0. The molecule has 0 fully saturated rings. The van der Waals surface area contributed by atoms with Crippen molar-refractivity contribution >= 4 is 74.5 Å². The molecule has 0 aliphatic heterocycles. The summed E-state index contributed by atoms with van der Waals surface area (Å²) in [7, 11) is 0. The van der Waals surface area contributed by atoms with Gasteiger partial charge in [0, 0.05) is 24.9 Å². The average molecular weight is 493 g/mol. The Hall–Kier alpha value is -3.98. The normalized spacial score (nSPS) is 11.9. The van der Waals surface area contributed by atoms with Gasteiger partial charge in [-0.25, -0.2) is 0 Å². The van der Waals surface area contributed by atoms with Crippen molar-refractivity contribution in [2.24, 2.45) is 0 Å². The standard InChI is InChI=1S/C34H20S2/c1-2-8-21(9-3-1)33-24-10-4-6-12-26(24)34(27-13-7-5-11-25(27)33)23-14-15-30-28(18-23)29-20-31-22(16-17-35-31)19-32(29)36-30/h1-20H. The van der Waals surface area contributed by atoms with Crippen LogP contribution in [0.2, 0.25) is 0 Å². The lowest BCUT2D eigenvalue weighted by atomic mass is 9.86. The Morgan fingerprint density at radius 3 is 1.69 bits per heavy atom. The van der Waals surface area contributed by atoms with Gasteiger partial charge in [0.05, 0.1) is 0 Å². The van der Waals surface area contributed by atoms with Crippen LogP contribution < -0.4 is 0 Å². The quantitative estimate of drug-likeness (QED) is 0.211. The van der Waals surface area contributed by atoms with E-state index < -0.39 is 0 Å². The van der Waals surface area contributed by atoms with E-state index in [0.717, 1.165) is 0 Å². The number of thiophene rings is 2. The van der Waals surface area contributed by atoms with Gasteiger partial charge in [-0.1, -0.05) is 84.9 Å². The smallest absolute Gasteiger partial charge is 0.0362 e. The minimum atomic E-state index is 1.26. The second kappa shape index (κ2) is 7.76. The van der Waals surface area contributed by atoms with E-state index in [4.69, 9.17) is 0 Å². The molecular weight excluding hydrogens is 473 g/mol. The van der Waals surface area contributed by atoms with E-state index >= 15 is 0 Å². The van der Waals surface area contributed by atoms with Gasteiger partial charge in [-0.3, -0.25) is 0 Å². The predicted octanol–water partition coefficient (Wildman–Crippen LogP) is 10.9. The highest BCUT2D eigenvalue weighted by molar-refractivity contribution is 7.26. The summed E-state index contributed by atoms with van der Waals surface area (Å²) in [5.41, 5.74) is 5.17. The second-order valence-corrected chi connectivity index (χ2v) is 11.4. The van der Waals surface area contributed by atoms with Crippen molar-refractivity contribution in [1.29, 1.82) is 0 Å². The van der Waals surface area contributed by atoms with Crippen LogP contribution in [0.15, 0.2) is 121 Å². The molecule has 0 saturated carbocycles. The van der Waals surface area contributed by atoms with Gasteiger partial charge in [-0.15, -0.1) is 22.7 Å². The summed E-state index contributed by atoms with van der Waals surface area (Å²) in [6.45, 7) is 0. The van der Waals surface area contributed by atoms with Crippen LogP contribution in [0.5, 0.6) is 0 Å². The highest BCUT2D eigenvalue weighted by atomic mass is 32.1. The maximum absolute atomic E-state index is 2.42. The van der Waals surface area contributed by atoms with Gasteiger partial charge in [0.15, 0.2) is 0 Å². The fourth-order valence-corrected chi connectivity index (χ4v) is 7.67. The minimum Gasteiger partial charge on any atom is -0.144 e. The molecular formula is C34H20S2. The van der Waals surface area contributed by atoms with Gasteiger partial charge < -0.3 is 0 Å². The lowest BCUT2D eigenvalue weighted by molar-refractivity contribution is 1.66. The maximum Gasteiger partial charge on any atom is 0.0362 e. The minimum absolute atomic E-state index is 1.26. The number of hydrogen-bond acceptors (Lipinski definition) is 2. The third-order valence-corrected chi connectivity index (χ3v) is 9.34. The topological polar surface area (TPSA) is 0 Å². The number of hydrogen-bond donors (Lipinski definition) is 0. The Kier molecular flexibility index (Phi) is 4.36. The highest BCUT2D eigenvalue weighted by Gasteiger charge is 2.17. The van der Waals surface area contributed by atoms with Crippen molar-refractivity contribution in [2.45, 2.75) is 0 Å². The van der Waals surface area contributed by atoms with Crippen molar-refractivity contribution in [3.63, 3.8) is 0 Å². The van der Waals surface area contributed by atoms with E-state index in [1.165, 1.54) is 74.1 Å². The van der Waals surface area contributed by atoms with Crippen molar-refractivity contribution in [3.05, 3.63) is 121 Å². The molecule has 0 N–H and O–H groups in total. The Morgan fingerprint density at radius 2 is 1.00 bits per heavy atom. The molecule has 0 aliphatic rings. The average Bonchev–Trinajstić information content (AvgIpc) is 3.54. The molecule has 0 unspecified atom stereocenters. The number of benzene rings is 6. The summed E-state index contributed by atoms with van der Waals surface area (Å²) >= 11 is 3.72. The molecule has 0 atom stereocenters. The Balaban J connectivity index is 1.49. The van der Waals surface area contributed by atoms with Crippen molar-refractivity contribution < 1.29 is 0 Å². The summed E-state index contributed by atoms with van der Waals surface area (Å²) in [6.07, 6.45) is 0. The van der Waals surface area contributed by atoms with Crippen LogP contribution in [0.4, 0.5) is 0 Å². The second-order valence-electron chi connectivity index (χ2n) is 9.33. The van der Waals surface area contributed by atoms with E-state index in [2.05, 4.69) is 121 Å². The molecule has 0 amide bonds. The van der Waals surface area contributed by atoms with Gasteiger partial charge >= 0.3 is 0 Å². The predicted molar refractivity (Wildman–Crippen MR) is 161 cm³/mol. The lowest BCUT2D eigenvalue weighted by Crippen LogP contribution is -1.90. The van der Waals surface area contributed by atoms with E-state index in [9.17, 15) is 0 Å². The molecule has 6 aromatic carbocycles. The summed E-state index contributed by atoms with van der Waals surface area (Å²) < 4.78 is 4.07. The molecule has 2 heteroatoms. The molecule has 8 aromatic rings. The van der Waals surface area contributed by atoms with Crippen molar-refractivity contribution in [1.82, 2.24) is 0 Å². The molecule has 36 heavy (non-hydrogen) atoms. The van der Waals surface area contributed by atoms with E-state index in [1.807, 2.05) is 22.7 Å². The molecule has 2 heterocycles. The molecule has 0 aliphatic carbocycles. The SMILES string of the molecule is c1ccc(-c2c3ccccc3c(-c3ccc4sc5cc6ccsc6cc5c4c3)c3ccccc23)cc1. The zero-order valence-electron chi connectivity index (χ0n) is 19.4. The first-order chi connectivity index (χ1) is 17.8. The van der Waals surface area contributed by atoms with E-state index in [0.29, 0.717) is 0 Å². The fraction of sp³-hybridized carbons (Fsp3) is 0. The monoisotopic (exact) mass is 492 g/mol. The first-order valence-electron chi connectivity index (χ1n) is 12.2. The zero-order valence-corrected chi connectivity index (χ0v) is 21.0. The van der Waals surface area contributed by atoms with Crippen LogP contribution in [0.1, 0.15) is 0 Å². The summed E-state index contributed by atoms with van der Waals surface area (Å²) in [6, 6.07) is 42.6. The number of fused-ring (bicyclic) bond motifs is 6. The summed E-state index contributed by atoms with van der Waals surface area (Å²) in [5.74, 6) is 0. The third-order valence-electron chi connectivity index (χ3n) is 7.33. The Bertz CT molecular complexity index is 2030. The molecule has 0 nitrogen and oxygen atoms in total. The van der Waals surface area contributed by atoms with E-state index in [-0.39, 0.29) is 0 Å². The van der Waals surface area contributed by atoms with Crippen LogP contribution in [-0.2, 0) is 0 Å². The van der Waals surface area contributed by atoms with Gasteiger partial charge in [0.1, 0.15) is 0 Å². The van der Waals surface area contributed by atoms with Crippen LogP contribution in [0, 0.1) is 0 Å². The van der Waals surface area contributed by atoms with Gasteiger partial charge in [0.2, 0.25) is 0 Å². The molecule has 0 spiro atoms. The Labute approximate surface area is 216 Å². The first-order valence-corrected chi connectivity index (χ1v) is 13.9. The van der Waals surface area contributed by atoms with Gasteiger partial charge in [-0.2, -0.15) is 0 Å². The summed E-state index contributed by atoms with van der Waals surface area (Å²) in [5, 5.41) is 11.4. The van der Waals surface area contributed by atoms with Crippen molar-refractivity contribution in [2.75, 3.05) is 0 Å². The molecule has 168 valence electrons. The van der Waals surface area contributed by atoms with Gasteiger partial charge in [-0.05, 0) is 84.9 Å². The lowest BCUT2D eigenvalue weighted by Gasteiger charge is -2.17.